The van der Waals surface area contributed by atoms with Crippen molar-refractivity contribution in [3.05, 3.63) is 59.7 Å². The number of rotatable bonds is 5. The van der Waals surface area contributed by atoms with E-state index in [1.807, 2.05) is 0 Å². The van der Waals surface area contributed by atoms with E-state index in [0.717, 1.165) is 6.26 Å². The molecule has 0 saturated heterocycles. The predicted octanol–water partition coefficient (Wildman–Crippen LogP) is 1.47. The Morgan fingerprint density at radius 1 is 1.16 bits per heavy atom. The number of amides is 1. The van der Waals surface area contributed by atoms with Crippen LogP contribution in [0, 0.1) is 0 Å². The highest BCUT2D eigenvalue weighted by molar-refractivity contribution is 7.92. The quantitative estimate of drug-likeness (QED) is 0.699. The molecule has 130 valence electrons. The summed E-state index contributed by atoms with van der Waals surface area (Å²) in [4.78, 5) is 24.9. The van der Waals surface area contributed by atoms with Gasteiger partial charge in [-0.3, -0.25) is 14.3 Å². The van der Waals surface area contributed by atoms with E-state index in [-0.39, 0.29) is 11.3 Å². The van der Waals surface area contributed by atoms with Crippen molar-refractivity contribution < 1.29 is 23.1 Å². The summed E-state index contributed by atoms with van der Waals surface area (Å²) in [6.45, 7) is 0. The van der Waals surface area contributed by atoms with Crippen LogP contribution in [0.1, 0.15) is 22.3 Å². The highest BCUT2D eigenvalue weighted by Gasteiger charge is 2.46. The molecule has 2 aromatic carbocycles. The minimum atomic E-state index is -3.58. The first kappa shape index (κ1) is 17.1. The first-order valence-corrected chi connectivity index (χ1v) is 9.33. The third-order valence-electron chi connectivity index (χ3n) is 3.94. The molecule has 0 aromatic heterocycles. The summed E-state index contributed by atoms with van der Waals surface area (Å²) >= 11 is 0. The molecule has 1 amide bonds. The molecule has 0 aliphatic carbocycles. The van der Waals surface area contributed by atoms with Crippen LogP contribution in [0.25, 0.3) is 0 Å². The van der Waals surface area contributed by atoms with Crippen LogP contribution in [0.2, 0.25) is 0 Å². The molecule has 1 heterocycles. The van der Waals surface area contributed by atoms with Gasteiger partial charge in [0, 0.05) is 16.8 Å². The van der Waals surface area contributed by atoms with Crippen molar-refractivity contribution >= 4 is 33.1 Å². The Hall–Kier alpha value is -2.71. The largest absolute Gasteiger partial charge is 0.375 e. The molecule has 1 aliphatic rings. The number of anilines is 2. The van der Waals surface area contributed by atoms with Gasteiger partial charge < -0.3 is 10.4 Å². The van der Waals surface area contributed by atoms with Crippen molar-refractivity contribution in [3.8, 4) is 0 Å². The molecule has 1 unspecified atom stereocenters. The molecule has 1 aliphatic heterocycles. The molecule has 0 saturated carbocycles. The minimum Gasteiger partial charge on any atom is -0.375 e. The zero-order chi connectivity index (χ0) is 18.2. The van der Waals surface area contributed by atoms with E-state index in [4.69, 9.17) is 0 Å². The van der Waals surface area contributed by atoms with E-state index in [2.05, 4.69) is 10.0 Å². The van der Waals surface area contributed by atoms with Gasteiger partial charge in [0.05, 0.1) is 18.4 Å². The van der Waals surface area contributed by atoms with Gasteiger partial charge in [-0.1, -0.05) is 30.3 Å². The maximum Gasteiger partial charge on any atom is 0.261 e. The molecule has 25 heavy (non-hydrogen) atoms. The number of benzene rings is 2. The van der Waals surface area contributed by atoms with Crippen LogP contribution in [-0.2, 0) is 20.4 Å². The number of hydrogen-bond acceptors (Lipinski definition) is 5. The lowest BCUT2D eigenvalue weighted by Gasteiger charge is -2.20. The fourth-order valence-corrected chi connectivity index (χ4v) is 3.40. The third-order valence-corrected chi connectivity index (χ3v) is 4.53. The van der Waals surface area contributed by atoms with E-state index in [9.17, 15) is 23.1 Å². The Balaban J connectivity index is 1.95. The summed E-state index contributed by atoms with van der Waals surface area (Å²) in [5, 5.41) is 13.3. The average Bonchev–Trinajstić information content (AvgIpc) is 2.77. The second-order valence-corrected chi connectivity index (χ2v) is 7.63. The molecule has 0 bridgehead atoms. The van der Waals surface area contributed by atoms with Gasteiger partial charge in [-0.05, 0) is 18.2 Å². The highest BCUT2D eigenvalue weighted by atomic mass is 32.2. The Kier molecular flexibility index (Phi) is 4.09. The SMILES string of the molecule is CS(=O)(=O)Nc1ccccc1C(=O)CC1(O)C(=O)Nc2ccccc21. The van der Waals surface area contributed by atoms with Crippen LogP contribution in [-0.4, -0.2) is 31.5 Å². The van der Waals surface area contributed by atoms with E-state index >= 15 is 0 Å². The van der Waals surface area contributed by atoms with Crippen LogP contribution < -0.4 is 10.0 Å². The lowest BCUT2D eigenvalue weighted by atomic mass is 9.88. The van der Waals surface area contributed by atoms with E-state index in [0.29, 0.717) is 11.3 Å². The van der Waals surface area contributed by atoms with Crippen LogP contribution in [0.5, 0.6) is 0 Å². The molecule has 8 heteroatoms. The average molecular weight is 360 g/mol. The van der Waals surface area contributed by atoms with Gasteiger partial charge in [0.25, 0.3) is 5.91 Å². The van der Waals surface area contributed by atoms with Gasteiger partial charge in [-0.2, -0.15) is 0 Å². The zero-order valence-corrected chi connectivity index (χ0v) is 14.1. The van der Waals surface area contributed by atoms with Crippen LogP contribution in [0.15, 0.2) is 48.5 Å². The van der Waals surface area contributed by atoms with Gasteiger partial charge in [0.2, 0.25) is 10.0 Å². The number of para-hydroxylation sites is 2. The summed E-state index contributed by atoms with van der Waals surface area (Å²) < 4.78 is 25.2. The number of Topliss-reactive ketones (excluding diaryl/α,β-unsaturated/α-hetero) is 1. The fourth-order valence-electron chi connectivity index (χ4n) is 2.82. The van der Waals surface area contributed by atoms with Crippen molar-refractivity contribution in [1.29, 1.82) is 0 Å². The maximum atomic E-state index is 12.7. The lowest BCUT2D eigenvalue weighted by molar-refractivity contribution is -0.133. The molecular weight excluding hydrogens is 344 g/mol. The highest BCUT2D eigenvalue weighted by Crippen LogP contribution is 2.39. The van der Waals surface area contributed by atoms with Gasteiger partial charge in [-0.25, -0.2) is 8.42 Å². The number of carbonyl (C=O) groups is 2. The summed E-state index contributed by atoms with van der Waals surface area (Å²) in [7, 11) is -3.58. The van der Waals surface area contributed by atoms with Gasteiger partial charge in [0.15, 0.2) is 11.4 Å². The molecule has 2 aromatic rings. The molecule has 0 radical (unpaired) electrons. The Morgan fingerprint density at radius 2 is 1.80 bits per heavy atom. The monoisotopic (exact) mass is 360 g/mol. The van der Waals surface area contributed by atoms with Crippen molar-refractivity contribution in [1.82, 2.24) is 0 Å². The number of carbonyl (C=O) groups excluding carboxylic acids is 2. The molecule has 1 atom stereocenters. The Bertz CT molecular complexity index is 971. The van der Waals surface area contributed by atoms with Crippen molar-refractivity contribution in [2.75, 3.05) is 16.3 Å². The standard InChI is InChI=1S/C17H16N2O5S/c1-25(23,24)19-13-8-4-2-6-11(13)15(20)10-17(22)12-7-3-5-9-14(12)18-16(17)21/h2-9,19,22H,10H2,1H3,(H,18,21). The second-order valence-electron chi connectivity index (χ2n) is 5.88. The number of nitrogens with one attached hydrogen (secondary N) is 2. The van der Waals surface area contributed by atoms with Gasteiger partial charge in [-0.15, -0.1) is 0 Å². The molecule has 0 fully saturated rings. The number of fused-ring (bicyclic) bond motifs is 1. The van der Waals surface area contributed by atoms with E-state index < -0.39 is 33.7 Å². The van der Waals surface area contributed by atoms with Gasteiger partial charge in [0.1, 0.15) is 0 Å². The number of sulfonamides is 1. The first-order chi connectivity index (χ1) is 11.7. The maximum absolute atomic E-state index is 12.7. The fraction of sp³-hybridized carbons (Fsp3) is 0.176. The Morgan fingerprint density at radius 3 is 2.52 bits per heavy atom. The summed E-state index contributed by atoms with van der Waals surface area (Å²) in [6.07, 6.45) is 0.473. The van der Waals surface area contributed by atoms with Crippen molar-refractivity contribution in [2.45, 2.75) is 12.0 Å². The van der Waals surface area contributed by atoms with Crippen LogP contribution >= 0.6 is 0 Å². The van der Waals surface area contributed by atoms with Crippen molar-refractivity contribution in [2.24, 2.45) is 0 Å². The summed E-state index contributed by atoms with van der Waals surface area (Å²) in [5.41, 5.74) is -1.04. The summed E-state index contributed by atoms with van der Waals surface area (Å²) in [5.74, 6) is -1.24. The number of ketones is 1. The first-order valence-electron chi connectivity index (χ1n) is 7.44. The summed E-state index contributed by atoms with van der Waals surface area (Å²) in [6, 6.07) is 12.6. The third kappa shape index (κ3) is 3.26. The predicted molar refractivity (Wildman–Crippen MR) is 92.8 cm³/mol. The molecule has 3 rings (SSSR count). The minimum absolute atomic E-state index is 0.0820. The second kappa shape index (κ2) is 5.98. The smallest absolute Gasteiger partial charge is 0.261 e. The van der Waals surface area contributed by atoms with Crippen LogP contribution in [0.4, 0.5) is 11.4 Å². The number of aliphatic hydroxyl groups is 1. The lowest BCUT2D eigenvalue weighted by Crippen LogP contribution is -2.36. The zero-order valence-electron chi connectivity index (χ0n) is 13.3. The van der Waals surface area contributed by atoms with Crippen LogP contribution in [0.3, 0.4) is 0 Å². The van der Waals surface area contributed by atoms with Gasteiger partial charge >= 0.3 is 0 Å². The normalized spacial score (nSPS) is 19.2. The molecular formula is C17H16N2O5S. The Labute approximate surface area is 144 Å². The molecule has 3 N–H and O–H groups in total. The number of hydrogen-bond donors (Lipinski definition) is 3. The topological polar surface area (TPSA) is 113 Å². The van der Waals surface area contributed by atoms with Crippen molar-refractivity contribution in [3.63, 3.8) is 0 Å². The van der Waals surface area contributed by atoms with E-state index in [1.165, 1.54) is 12.1 Å². The molecule has 0 spiro atoms. The van der Waals surface area contributed by atoms with E-state index in [1.54, 1.807) is 36.4 Å². The molecule has 7 nitrogen and oxygen atoms in total.